The van der Waals surface area contributed by atoms with Crippen LogP contribution >= 0.6 is 15.9 Å². The van der Waals surface area contributed by atoms with E-state index in [-0.39, 0.29) is 42.5 Å². The van der Waals surface area contributed by atoms with E-state index in [0.717, 1.165) is 12.4 Å². The molecular formula is C19H22BrF3N6O5. The molecule has 1 fully saturated rings. The zero-order valence-corrected chi connectivity index (χ0v) is 19.5. The van der Waals surface area contributed by atoms with Crippen LogP contribution in [0.2, 0.25) is 0 Å². The van der Waals surface area contributed by atoms with Crippen LogP contribution in [-0.4, -0.2) is 87.7 Å². The van der Waals surface area contributed by atoms with Crippen molar-refractivity contribution in [3.8, 4) is 5.75 Å². The minimum absolute atomic E-state index is 0.0443. The Morgan fingerprint density at radius 2 is 1.85 bits per heavy atom. The summed E-state index contributed by atoms with van der Waals surface area (Å²) < 4.78 is 49.0. The highest BCUT2D eigenvalue weighted by atomic mass is 79.9. The maximum Gasteiger partial charge on any atom is 0.419 e. The number of amides is 1. The van der Waals surface area contributed by atoms with E-state index >= 15 is 0 Å². The first-order chi connectivity index (χ1) is 16.1. The van der Waals surface area contributed by atoms with Crippen LogP contribution in [0.1, 0.15) is 12.5 Å². The number of rotatable bonds is 8. The van der Waals surface area contributed by atoms with Gasteiger partial charge in [0, 0.05) is 38.6 Å². The minimum atomic E-state index is -4.51. The first-order valence-corrected chi connectivity index (χ1v) is 10.9. The lowest BCUT2D eigenvalue weighted by molar-refractivity contribution is -0.144. The van der Waals surface area contributed by atoms with Gasteiger partial charge >= 0.3 is 6.18 Å². The number of nitrogens with zero attached hydrogens (tertiary/aromatic N) is 5. The third-order valence-electron chi connectivity index (χ3n) is 4.84. The third-order valence-corrected chi connectivity index (χ3v) is 5.60. The number of halogens is 4. The molecule has 0 aromatic carbocycles. The van der Waals surface area contributed by atoms with E-state index in [0.29, 0.717) is 13.1 Å². The summed E-state index contributed by atoms with van der Waals surface area (Å²) >= 11 is 3.10. The number of alkyl halides is 3. The molecule has 0 radical (unpaired) electrons. The molecular weight excluding hydrogens is 529 g/mol. The Labute approximate surface area is 200 Å². The Balaban J connectivity index is 1.41. The van der Waals surface area contributed by atoms with Crippen LogP contribution in [0.25, 0.3) is 0 Å². The van der Waals surface area contributed by atoms with Crippen molar-refractivity contribution in [2.24, 2.45) is 0 Å². The molecule has 11 nitrogen and oxygen atoms in total. The number of H-pyrrole nitrogens is 1. The second-order valence-corrected chi connectivity index (χ2v) is 8.23. The van der Waals surface area contributed by atoms with Crippen LogP contribution < -0.4 is 15.2 Å². The molecule has 2 aromatic heterocycles. The molecule has 1 aliphatic heterocycles. The van der Waals surface area contributed by atoms with Crippen LogP contribution in [-0.2, 0) is 15.7 Å². The summed E-state index contributed by atoms with van der Waals surface area (Å²) in [5.41, 5.74) is -1.38. The number of nitrogens with one attached hydrogen (secondary N) is 1. The molecule has 2 N–H and O–H groups in total. The van der Waals surface area contributed by atoms with E-state index in [1.807, 2.05) is 0 Å². The fraction of sp³-hybridized carbons (Fsp3) is 0.526. The summed E-state index contributed by atoms with van der Waals surface area (Å²) in [7, 11) is 0. The van der Waals surface area contributed by atoms with Crippen molar-refractivity contribution in [1.82, 2.24) is 25.1 Å². The number of aliphatic hydroxyl groups excluding tert-OH is 1. The van der Waals surface area contributed by atoms with Crippen molar-refractivity contribution in [2.75, 3.05) is 44.3 Å². The molecule has 2 atom stereocenters. The summed E-state index contributed by atoms with van der Waals surface area (Å²) in [6, 6.07) is 0. The quantitative estimate of drug-likeness (QED) is 0.490. The molecule has 0 bridgehead atoms. The number of aliphatic hydroxyl groups is 1. The Hall–Kier alpha value is -2.78. The Morgan fingerprint density at radius 1 is 1.21 bits per heavy atom. The maximum atomic E-state index is 12.6. The Morgan fingerprint density at radius 3 is 2.47 bits per heavy atom. The van der Waals surface area contributed by atoms with Gasteiger partial charge in [0.05, 0.1) is 25.0 Å². The van der Waals surface area contributed by atoms with Crippen molar-refractivity contribution in [2.45, 2.75) is 25.3 Å². The molecule has 15 heteroatoms. The first-order valence-electron chi connectivity index (χ1n) is 10.1. The molecule has 3 heterocycles. The first kappa shape index (κ1) is 25.8. The van der Waals surface area contributed by atoms with Crippen molar-refractivity contribution < 1.29 is 32.5 Å². The van der Waals surface area contributed by atoms with Crippen LogP contribution in [0.4, 0.5) is 19.1 Å². The monoisotopic (exact) mass is 550 g/mol. The second-order valence-electron chi connectivity index (χ2n) is 7.44. The predicted octanol–water partition coefficient (Wildman–Crippen LogP) is 0.835. The van der Waals surface area contributed by atoms with Gasteiger partial charge in [0.1, 0.15) is 10.6 Å². The summed E-state index contributed by atoms with van der Waals surface area (Å²) in [5.74, 6) is -0.158. The third kappa shape index (κ3) is 6.64. The average Bonchev–Trinajstić information content (AvgIpc) is 2.81. The van der Waals surface area contributed by atoms with E-state index in [1.54, 1.807) is 11.8 Å². The number of ether oxygens (including phenoxy) is 2. The molecule has 34 heavy (non-hydrogen) atoms. The Bertz CT molecular complexity index is 1030. The van der Waals surface area contributed by atoms with Gasteiger partial charge in [-0.05, 0) is 22.9 Å². The molecule has 1 aliphatic rings. The van der Waals surface area contributed by atoms with Crippen LogP contribution in [0.5, 0.6) is 5.75 Å². The second kappa shape index (κ2) is 11.1. The largest absolute Gasteiger partial charge is 0.485 e. The summed E-state index contributed by atoms with van der Waals surface area (Å²) in [6.07, 6.45) is -3.63. The highest BCUT2D eigenvalue weighted by Crippen LogP contribution is 2.28. The molecule has 0 saturated carbocycles. The van der Waals surface area contributed by atoms with Gasteiger partial charge in [-0.3, -0.25) is 9.59 Å². The topological polar surface area (TPSA) is 134 Å². The lowest BCUT2D eigenvalue weighted by Crippen LogP contribution is -2.52. The SMILES string of the molecule is C[C@@H](COC[C@@H](O)C(=O)N1CCN(c2ncc(C(F)(F)F)cn2)CC1)Oc1cn[nH]c(=O)c1Br. The minimum Gasteiger partial charge on any atom is -0.485 e. The molecule has 3 rings (SSSR count). The van der Waals surface area contributed by atoms with Gasteiger partial charge in [-0.15, -0.1) is 0 Å². The highest BCUT2D eigenvalue weighted by Gasteiger charge is 2.32. The van der Waals surface area contributed by atoms with E-state index in [4.69, 9.17) is 9.47 Å². The average molecular weight is 551 g/mol. The van der Waals surface area contributed by atoms with Gasteiger partial charge in [0.2, 0.25) is 5.95 Å². The summed E-state index contributed by atoms with van der Waals surface area (Å²) in [6.45, 7) is 2.55. The van der Waals surface area contributed by atoms with Crippen LogP contribution in [0, 0.1) is 0 Å². The zero-order chi connectivity index (χ0) is 24.9. The van der Waals surface area contributed by atoms with Gasteiger partial charge in [-0.25, -0.2) is 15.1 Å². The number of aromatic nitrogens is 4. The predicted molar refractivity (Wildman–Crippen MR) is 115 cm³/mol. The lowest BCUT2D eigenvalue weighted by atomic mass is 10.2. The zero-order valence-electron chi connectivity index (χ0n) is 18.0. The van der Waals surface area contributed by atoms with Crippen molar-refractivity contribution in [3.63, 3.8) is 0 Å². The number of anilines is 1. The van der Waals surface area contributed by atoms with E-state index < -0.39 is 35.4 Å². The van der Waals surface area contributed by atoms with E-state index in [9.17, 15) is 27.9 Å². The number of carbonyl (C=O) groups excluding carboxylic acids is 1. The van der Waals surface area contributed by atoms with Gasteiger partial charge < -0.3 is 24.4 Å². The summed E-state index contributed by atoms with van der Waals surface area (Å²) in [4.78, 5) is 34.6. The fourth-order valence-electron chi connectivity index (χ4n) is 3.09. The molecule has 0 aliphatic carbocycles. The van der Waals surface area contributed by atoms with Crippen LogP contribution in [0.3, 0.4) is 0 Å². The molecule has 186 valence electrons. The van der Waals surface area contributed by atoms with Gasteiger partial charge in [-0.1, -0.05) is 0 Å². The van der Waals surface area contributed by atoms with Gasteiger partial charge in [-0.2, -0.15) is 18.3 Å². The highest BCUT2D eigenvalue weighted by molar-refractivity contribution is 9.10. The molecule has 1 amide bonds. The van der Waals surface area contributed by atoms with Crippen molar-refractivity contribution in [1.29, 1.82) is 0 Å². The normalized spacial score (nSPS) is 16.3. The number of aromatic amines is 1. The molecule has 0 spiro atoms. The smallest absolute Gasteiger partial charge is 0.419 e. The van der Waals surface area contributed by atoms with Crippen molar-refractivity contribution in [3.05, 3.63) is 39.0 Å². The standard InChI is InChI=1S/C19H22BrF3N6O5/c1-11(34-14-8-26-27-16(31)15(14)20)9-33-10-13(30)17(32)28-2-4-29(5-3-28)18-24-6-12(7-25-18)19(21,22)23/h6-8,11,13,30H,2-5,9-10H2,1H3,(H,27,31)/t11-,13+/m0/s1. The molecule has 1 saturated heterocycles. The van der Waals surface area contributed by atoms with Crippen molar-refractivity contribution >= 4 is 27.8 Å². The van der Waals surface area contributed by atoms with Crippen LogP contribution in [0.15, 0.2) is 27.9 Å². The van der Waals surface area contributed by atoms with E-state index in [2.05, 4.69) is 36.1 Å². The number of hydrogen-bond acceptors (Lipinski definition) is 9. The molecule has 2 aromatic rings. The number of hydrogen-bond donors (Lipinski definition) is 2. The summed E-state index contributed by atoms with van der Waals surface area (Å²) in [5, 5.41) is 16.1. The molecule has 0 unspecified atom stereocenters. The van der Waals surface area contributed by atoms with Gasteiger partial charge in [0.25, 0.3) is 11.5 Å². The van der Waals surface area contributed by atoms with Gasteiger partial charge in [0.15, 0.2) is 11.9 Å². The Kier molecular flexibility index (Phi) is 8.43. The maximum absolute atomic E-state index is 12.6. The number of carbonyl (C=O) groups is 1. The lowest BCUT2D eigenvalue weighted by Gasteiger charge is -2.35. The number of piperazine rings is 1. The fourth-order valence-corrected chi connectivity index (χ4v) is 3.37. The van der Waals surface area contributed by atoms with E-state index in [1.165, 1.54) is 11.1 Å².